The molecule has 4 nitrogen and oxygen atoms in total. The van der Waals surface area contributed by atoms with Crippen molar-refractivity contribution in [2.24, 2.45) is 0 Å². The Kier molecular flexibility index (Phi) is 5.67. The first-order valence-corrected chi connectivity index (χ1v) is 8.61. The molecule has 2 aromatic rings. The highest BCUT2D eigenvalue weighted by Crippen LogP contribution is 2.25. The van der Waals surface area contributed by atoms with Crippen LogP contribution in [0.4, 0.5) is 5.69 Å². The van der Waals surface area contributed by atoms with Crippen molar-refractivity contribution in [2.45, 2.75) is 31.1 Å². The molecule has 0 atom stereocenters. The zero-order valence-corrected chi connectivity index (χ0v) is 14.8. The molecule has 1 amide bonds. The molecule has 0 bridgehead atoms. The highest BCUT2D eigenvalue weighted by atomic mass is 32.2. The first-order chi connectivity index (χ1) is 11.3. The van der Waals surface area contributed by atoms with Gasteiger partial charge < -0.3 is 10.4 Å². The second-order valence-electron chi connectivity index (χ2n) is 6.11. The first-order valence-electron chi connectivity index (χ1n) is 7.63. The molecule has 0 unspecified atom stereocenters. The lowest BCUT2D eigenvalue weighted by Crippen LogP contribution is -2.28. The van der Waals surface area contributed by atoms with Crippen LogP contribution in [0.15, 0.2) is 53.4 Å². The summed E-state index contributed by atoms with van der Waals surface area (Å²) in [6, 6.07) is 14.9. The maximum Gasteiger partial charge on any atom is 0.313 e. The van der Waals surface area contributed by atoms with E-state index in [1.807, 2.05) is 31.2 Å². The molecule has 0 aliphatic heterocycles. The minimum absolute atomic E-state index is 0.0894. The molecule has 2 N–H and O–H groups in total. The summed E-state index contributed by atoms with van der Waals surface area (Å²) in [6.45, 7) is 5.33. The van der Waals surface area contributed by atoms with E-state index in [1.54, 1.807) is 38.1 Å². The molecule has 126 valence electrons. The Hall–Kier alpha value is -2.27. The number of thioether (sulfide) groups is 1. The zero-order chi connectivity index (χ0) is 17.7. The van der Waals surface area contributed by atoms with Crippen molar-refractivity contribution >= 4 is 29.3 Å². The largest absolute Gasteiger partial charge is 0.481 e. The normalized spacial score (nSPS) is 11.1. The molecule has 0 saturated carbocycles. The van der Waals surface area contributed by atoms with Gasteiger partial charge in [-0.25, -0.2) is 0 Å². The van der Waals surface area contributed by atoms with Crippen LogP contribution in [0.1, 0.15) is 25.0 Å². The van der Waals surface area contributed by atoms with Crippen molar-refractivity contribution in [1.29, 1.82) is 0 Å². The molecule has 24 heavy (non-hydrogen) atoms. The van der Waals surface area contributed by atoms with Crippen LogP contribution in [0.2, 0.25) is 0 Å². The number of carboxylic acid groups (broad SMARTS) is 1. The van der Waals surface area contributed by atoms with Crippen LogP contribution < -0.4 is 5.32 Å². The average molecular weight is 343 g/mol. The zero-order valence-electron chi connectivity index (χ0n) is 14.0. The number of aliphatic carboxylic acids is 1. The number of hydrogen-bond donors (Lipinski definition) is 2. The fourth-order valence-corrected chi connectivity index (χ4v) is 2.98. The summed E-state index contributed by atoms with van der Waals surface area (Å²) in [4.78, 5) is 24.4. The predicted molar refractivity (Wildman–Crippen MR) is 97.6 cm³/mol. The molecule has 0 aliphatic carbocycles. The van der Waals surface area contributed by atoms with Crippen molar-refractivity contribution < 1.29 is 14.7 Å². The number of benzene rings is 2. The van der Waals surface area contributed by atoms with Crippen LogP contribution in [-0.2, 0) is 15.0 Å². The van der Waals surface area contributed by atoms with Gasteiger partial charge in [0.05, 0.1) is 11.2 Å². The second-order valence-corrected chi connectivity index (χ2v) is 7.13. The second kappa shape index (κ2) is 7.53. The minimum atomic E-state index is -0.955. The van der Waals surface area contributed by atoms with Gasteiger partial charge >= 0.3 is 5.97 Å². The molecule has 2 rings (SSSR count). The maximum atomic E-state index is 12.1. The molecule has 0 aliphatic rings. The molecule has 0 fully saturated rings. The van der Waals surface area contributed by atoms with Gasteiger partial charge in [-0.2, -0.15) is 0 Å². The van der Waals surface area contributed by atoms with Crippen LogP contribution in [0.25, 0.3) is 0 Å². The van der Waals surface area contributed by atoms with Gasteiger partial charge in [0.1, 0.15) is 0 Å². The van der Waals surface area contributed by atoms with E-state index < -0.39 is 11.4 Å². The maximum absolute atomic E-state index is 12.1. The van der Waals surface area contributed by atoms with Crippen molar-refractivity contribution in [2.75, 3.05) is 11.1 Å². The van der Waals surface area contributed by atoms with Gasteiger partial charge in [-0.1, -0.05) is 30.3 Å². The summed E-state index contributed by atoms with van der Waals surface area (Å²) < 4.78 is 0. The van der Waals surface area contributed by atoms with Gasteiger partial charge in [0, 0.05) is 10.6 Å². The van der Waals surface area contributed by atoms with E-state index in [0.29, 0.717) is 17.0 Å². The lowest BCUT2D eigenvalue weighted by Gasteiger charge is -2.19. The lowest BCUT2D eigenvalue weighted by atomic mass is 9.85. The summed E-state index contributed by atoms with van der Waals surface area (Å²) in [5, 5.41) is 12.1. The number of nitrogens with one attached hydrogen (secondary N) is 1. The fourth-order valence-electron chi connectivity index (χ4n) is 2.15. The Bertz CT molecular complexity index is 739. The van der Waals surface area contributed by atoms with Gasteiger partial charge in [0.25, 0.3) is 0 Å². The van der Waals surface area contributed by atoms with Crippen LogP contribution in [0, 0.1) is 6.92 Å². The summed E-state index contributed by atoms with van der Waals surface area (Å²) in [5.74, 6) is -0.643. The molecule has 0 aromatic heterocycles. The quantitative estimate of drug-likeness (QED) is 0.775. The molecule has 5 heteroatoms. The Morgan fingerprint density at radius 2 is 1.71 bits per heavy atom. The van der Waals surface area contributed by atoms with Crippen LogP contribution >= 0.6 is 11.8 Å². The topological polar surface area (TPSA) is 66.4 Å². The van der Waals surface area contributed by atoms with Gasteiger partial charge in [-0.15, -0.1) is 11.8 Å². The highest BCUT2D eigenvalue weighted by molar-refractivity contribution is 8.00. The molecule has 0 heterocycles. The third kappa shape index (κ3) is 4.38. The number of carbonyl (C=O) groups is 2. The standard InChI is InChI=1S/C19H21NO3S/c1-13-6-4-5-7-16(13)24-12-17(21)20-15-10-8-14(9-11-15)19(2,3)18(22)23/h4-11H,12H2,1-3H3,(H,20,21)(H,22,23). The number of aryl methyl sites for hydroxylation is 1. The molecule has 0 spiro atoms. The van der Waals surface area contributed by atoms with Crippen molar-refractivity contribution in [1.82, 2.24) is 0 Å². The summed E-state index contributed by atoms with van der Waals surface area (Å²) in [7, 11) is 0. The smallest absolute Gasteiger partial charge is 0.313 e. The molecule has 0 saturated heterocycles. The van der Waals surface area contributed by atoms with E-state index in [9.17, 15) is 14.7 Å². The van der Waals surface area contributed by atoms with Crippen LogP contribution in [0.3, 0.4) is 0 Å². The van der Waals surface area contributed by atoms with Crippen LogP contribution in [0.5, 0.6) is 0 Å². The number of carboxylic acids is 1. The highest BCUT2D eigenvalue weighted by Gasteiger charge is 2.29. The third-order valence-electron chi connectivity index (χ3n) is 3.88. The Labute approximate surface area is 146 Å². The van der Waals surface area contributed by atoms with E-state index in [2.05, 4.69) is 5.32 Å². The van der Waals surface area contributed by atoms with E-state index in [4.69, 9.17) is 0 Å². The number of anilines is 1. The van der Waals surface area contributed by atoms with E-state index in [-0.39, 0.29) is 5.91 Å². The minimum Gasteiger partial charge on any atom is -0.481 e. The van der Waals surface area contributed by atoms with Crippen LogP contribution in [-0.4, -0.2) is 22.7 Å². The summed E-state index contributed by atoms with van der Waals surface area (Å²) >= 11 is 1.50. The first kappa shape index (κ1) is 18.1. The molecule has 2 aromatic carbocycles. The van der Waals surface area contributed by atoms with Gasteiger partial charge in [-0.3, -0.25) is 9.59 Å². The molecular weight excluding hydrogens is 322 g/mol. The molecular formula is C19H21NO3S. The SMILES string of the molecule is Cc1ccccc1SCC(=O)Nc1ccc(C(C)(C)C(=O)O)cc1. The summed E-state index contributed by atoms with van der Waals surface area (Å²) in [5.41, 5.74) is 1.55. The van der Waals surface area contributed by atoms with Crippen molar-refractivity contribution in [3.05, 3.63) is 59.7 Å². The third-order valence-corrected chi connectivity index (χ3v) is 5.05. The summed E-state index contributed by atoms with van der Waals surface area (Å²) in [6.07, 6.45) is 0. The number of carbonyl (C=O) groups excluding carboxylic acids is 1. The Morgan fingerprint density at radius 1 is 1.08 bits per heavy atom. The monoisotopic (exact) mass is 343 g/mol. The van der Waals surface area contributed by atoms with Crippen molar-refractivity contribution in [3.63, 3.8) is 0 Å². The fraction of sp³-hybridized carbons (Fsp3) is 0.263. The lowest BCUT2D eigenvalue weighted by molar-refractivity contribution is -0.142. The van der Waals surface area contributed by atoms with E-state index >= 15 is 0 Å². The number of amides is 1. The predicted octanol–water partition coefficient (Wildman–Crippen LogP) is 4.09. The molecule has 0 radical (unpaired) electrons. The Balaban J connectivity index is 1.95. The van der Waals surface area contributed by atoms with Crippen molar-refractivity contribution in [3.8, 4) is 0 Å². The van der Waals surface area contributed by atoms with Gasteiger partial charge in [-0.05, 0) is 50.1 Å². The van der Waals surface area contributed by atoms with Gasteiger partial charge in [0.2, 0.25) is 5.91 Å². The number of hydrogen-bond acceptors (Lipinski definition) is 3. The van der Waals surface area contributed by atoms with Gasteiger partial charge in [0.15, 0.2) is 0 Å². The number of rotatable bonds is 6. The van der Waals surface area contributed by atoms with E-state index in [1.165, 1.54) is 11.8 Å². The van der Waals surface area contributed by atoms with E-state index in [0.717, 1.165) is 10.5 Å². The average Bonchev–Trinajstić information content (AvgIpc) is 2.54. The Morgan fingerprint density at radius 3 is 2.29 bits per heavy atom.